The second-order valence-electron chi connectivity index (χ2n) is 8.18. The van der Waals surface area contributed by atoms with Crippen molar-refractivity contribution in [2.75, 3.05) is 19.7 Å². The van der Waals surface area contributed by atoms with Gasteiger partial charge in [-0.2, -0.15) is 0 Å². The summed E-state index contributed by atoms with van der Waals surface area (Å²) in [5, 5.41) is 21.2. The molecule has 3 N–H and O–H groups in total. The lowest BCUT2D eigenvalue weighted by Crippen LogP contribution is -2.48. The molecule has 0 saturated carbocycles. The van der Waals surface area contributed by atoms with E-state index in [2.05, 4.69) is 5.32 Å². The number of alkyl carbamates (subject to hydrolysis) is 1. The molecule has 0 bridgehead atoms. The Morgan fingerprint density at radius 1 is 1.06 bits per heavy atom. The van der Waals surface area contributed by atoms with Crippen molar-refractivity contribution in [1.82, 2.24) is 10.2 Å². The highest BCUT2D eigenvalue weighted by Crippen LogP contribution is 2.44. The standard InChI is InChI=1S/C24H26N2O6/c27-15-11-12-26(13-15)23(30)21(9-10-22(28)29)25-24(31)32-14-20-18-7-3-1-5-16(18)17-6-2-4-8-19(17)20/h1-8,15,20-21,27H,9-14H2,(H,25,31)(H,28,29). The number of likely N-dealkylation sites (tertiary alicyclic amines) is 1. The van der Waals surface area contributed by atoms with Gasteiger partial charge in [0.05, 0.1) is 6.10 Å². The molecule has 1 fully saturated rings. The molecule has 2 atom stereocenters. The predicted molar refractivity (Wildman–Crippen MR) is 116 cm³/mol. The first-order valence-electron chi connectivity index (χ1n) is 10.7. The second-order valence-corrected chi connectivity index (χ2v) is 8.18. The van der Waals surface area contributed by atoms with E-state index in [1.165, 1.54) is 4.90 Å². The number of rotatable bonds is 7. The highest BCUT2D eigenvalue weighted by atomic mass is 16.5. The number of aliphatic carboxylic acids is 1. The molecular weight excluding hydrogens is 412 g/mol. The lowest BCUT2D eigenvalue weighted by Gasteiger charge is -2.24. The quantitative estimate of drug-likeness (QED) is 0.611. The number of β-amino-alcohol motifs (C(OH)–C–C–N with tert-alkyl or cyclic N) is 1. The van der Waals surface area contributed by atoms with E-state index in [4.69, 9.17) is 9.84 Å². The van der Waals surface area contributed by atoms with Crippen molar-refractivity contribution >= 4 is 18.0 Å². The molecule has 2 aromatic rings. The molecule has 1 aliphatic heterocycles. The van der Waals surface area contributed by atoms with Crippen molar-refractivity contribution < 1.29 is 29.3 Å². The molecule has 0 spiro atoms. The number of amides is 2. The van der Waals surface area contributed by atoms with Gasteiger partial charge in [0.2, 0.25) is 5.91 Å². The van der Waals surface area contributed by atoms with Gasteiger partial charge >= 0.3 is 12.1 Å². The summed E-state index contributed by atoms with van der Waals surface area (Å²) in [4.78, 5) is 37.8. The zero-order valence-corrected chi connectivity index (χ0v) is 17.6. The summed E-state index contributed by atoms with van der Waals surface area (Å²) in [7, 11) is 0. The van der Waals surface area contributed by atoms with Gasteiger partial charge in [-0.25, -0.2) is 4.79 Å². The van der Waals surface area contributed by atoms with Gasteiger partial charge in [0.1, 0.15) is 12.6 Å². The smallest absolute Gasteiger partial charge is 0.407 e. The highest BCUT2D eigenvalue weighted by molar-refractivity contribution is 5.86. The van der Waals surface area contributed by atoms with E-state index in [0.29, 0.717) is 13.0 Å². The largest absolute Gasteiger partial charge is 0.481 e. The minimum atomic E-state index is -1.06. The van der Waals surface area contributed by atoms with Gasteiger partial charge in [-0.1, -0.05) is 48.5 Å². The van der Waals surface area contributed by atoms with E-state index in [1.807, 2.05) is 48.5 Å². The first kappa shape index (κ1) is 21.8. The second kappa shape index (κ2) is 9.40. The minimum absolute atomic E-state index is 0.0506. The maximum absolute atomic E-state index is 12.8. The Morgan fingerprint density at radius 3 is 2.25 bits per heavy atom. The number of nitrogens with zero attached hydrogens (tertiary/aromatic N) is 1. The van der Waals surface area contributed by atoms with Crippen molar-refractivity contribution in [2.45, 2.75) is 37.3 Å². The van der Waals surface area contributed by atoms with Crippen LogP contribution in [0.2, 0.25) is 0 Å². The van der Waals surface area contributed by atoms with Crippen molar-refractivity contribution in [3.05, 3.63) is 59.7 Å². The van der Waals surface area contributed by atoms with Crippen molar-refractivity contribution in [1.29, 1.82) is 0 Å². The summed E-state index contributed by atoms with van der Waals surface area (Å²) in [5.41, 5.74) is 4.37. The van der Waals surface area contributed by atoms with E-state index in [-0.39, 0.29) is 31.9 Å². The molecule has 168 valence electrons. The number of carboxylic acids is 1. The Balaban J connectivity index is 1.42. The third-order valence-electron chi connectivity index (χ3n) is 6.06. The number of carbonyl (C=O) groups excluding carboxylic acids is 2. The van der Waals surface area contributed by atoms with Gasteiger partial charge in [0.25, 0.3) is 0 Å². The molecule has 8 heteroatoms. The number of aliphatic hydroxyl groups is 1. The Morgan fingerprint density at radius 2 is 1.69 bits per heavy atom. The Kier molecular flexibility index (Phi) is 6.41. The maximum Gasteiger partial charge on any atom is 0.407 e. The minimum Gasteiger partial charge on any atom is -0.481 e. The molecule has 2 aromatic carbocycles. The predicted octanol–water partition coefficient (Wildman–Crippen LogP) is 2.35. The number of carboxylic acid groups (broad SMARTS) is 1. The molecule has 2 amide bonds. The van der Waals surface area contributed by atoms with Crippen LogP contribution in [-0.2, 0) is 14.3 Å². The summed E-state index contributed by atoms with van der Waals surface area (Å²) in [6.45, 7) is 0.646. The first-order valence-corrected chi connectivity index (χ1v) is 10.7. The van der Waals surface area contributed by atoms with Crippen LogP contribution in [0.5, 0.6) is 0 Å². The summed E-state index contributed by atoms with van der Waals surface area (Å²) in [6.07, 6.45) is -1.23. The number of ether oxygens (including phenoxy) is 1. The van der Waals surface area contributed by atoms with Crippen LogP contribution < -0.4 is 5.32 Å². The molecule has 0 radical (unpaired) electrons. The highest BCUT2D eigenvalue weighted by Gasteiger charge is 2.33. The molecule has 0 aromatic heterocycles. The number of aliphatic hydroxyl groups excluding tert-OH is 1. The molecule has 4 rings (SSSR count). The van der Waals surface area contributed by atoms with Crippen LogP contribution >= 0.6 is 0 Å². The fraction of sp³-hybridized carbons (Fsp3) is 0.375. The molecule has 2 aliphatic rings. The van der Waals surface area contributed by atoms with Crippen LogP contribution in [0, 0.1) is 0 Å². The monoisotopic (exact) mass is 438 g/mol. The van der Waals surface area contributed by atoms with Crippen LogP contribution in [0.1, 0.15) is 36.3 Å². The molecule has 8 nitrogen and oxygen atoms in total. The van der Waals surface area contributed by atoms with Crippen molar-refractivity contribution in [2.24, 2.45) is 0 Å². The SMILES string of the molecule is O=C(O)CCC(NC(=O)OCC1c2ccccc2-c2ccccc21)C(=O)N1CCC(O)C1. The van der Waals surface area contributed by atoms with Crippen LogP contribution in [0.4, 0.5) is 4.79 Å². The van der Waals surface area contributed by atoms with E-state index < -0.39 is 30.1 Å². The summed E-state index contributed by atoms with van der Waals surface area (Å²) in [5.74, 6) is -1.58. The number of fused-ring (bicyclic) bond motifs is 3. The summed E-state index contributed by atoms with van der Waals surface area (Å²) < 4.78 is 5.49. The molecule has 1 saturated heterocycles. The topological polar surface area (TPSA) is 116 Å². The van der Waals surface area contributed by atoms with Crippen LogP contribution in [0.3, 0.4) is 0 Å². The number of carbonyl (C=O) groups is 3. The number of hydrogen-bond acceptors (Lipinski definition) is 5. The fourth-order valence-electron chi connectivity index (χ4n) is 4.47. The molecule has 32 heavy (non-hydrogen) atoms. The van der Waals surface area contributed by atoms with Gasteiger partial charge < -0.3 is 25.2 Å². The molecular formula is C24H26N2O6. The summed E-state index contributed by atoms with van der Waals surface area (Å²) >= 11 is 0. The van der Waals surface area contributed by atoms with Crippen molar-refractivity contribution in [3.8, 4) is 11.1 Å². The molecule has 1 heterocycles. The Bertz CT molecular complexity index is 978. The number of benzene rings is 2. The van der Waals surface area contributed by atoms with Gasteiger partial charge in [-0.15, -0.1) is 0 Å². The van der Waals surface area contributed by atoms with E-state index in [0.717, 1.165) is 22.3 Å². The lowest BCUT2D eigenvalue weighted by atomic mass is 9.98. The maximum atomic E-state index is 12.8. The Hall–Kier alpha value is -3.39. The fourth-order valence-corrected chi connectivity index (χ4v) is 4.47. The van der Waals surface area contributed by atoms with E-state index in [9.17, 15) is 19.5 Å². The third kappa shape index (κ3) is 4.60. The van der Waals surface area contributed by atoms with Gasteiger partial charge in [-0.05, 0) is 35.1 Å². The number of hydrogen-bond donors (Lipinski definition) is 3. The third-order valence-corrected chi connectivity index (χ3v) is 6.06. The lowest BCUT2D eigenvalue weighted by molar-refractivity contribution is -0.138. The average molecular weight is 438 g/mol. The van der Waals surface area contributed by atoms with Crippen LogP contribution in [-0.4, -0.2) is 64.9 Å². The average Bonchev–Trinajstić information content (AvgIpc) is 3.36. The Labute approximate surface area is 185 Å². The van der Waals surface area contributed by atoms with E-state index in [1.54, 1.807) is 0 Å². The van der Waals surface area contributed by atoms with Gasteiger partial charge in [0, 0.05) is 25.4 Å². The van der Waals surface area contributed by atoms with Crippen LogP contribution in [0.15, 0.2) is 48.5 Å². The van der Waals surface area contributed by atoms with Gasteiger partial charge in [-0.3, -0.25) is 9.59 Å². The summed E-state index contributed by atoms with van der Waals surface area (Å²) in [6, 6.07) is 14.9. The van der Waals surface area contributed by atoms with E-state index >= 15 is 0 Å². The van der Waals surface area contributed by atoms with Crippen molar-refractivity contribution in [3.63, 3.8) is 0 Å². The zero-order valence-electron chi connectivity index (χ0n) is 17.6. The molecule has 1 aliphatic carbocycles. The van der Waals surface area contributed by atoms with Crippen LogP contribution in [0.25, 0.3) is 11.1 Å². The molecule has 2 unspecified atom stereocenters. The van der Waals surface area contributed by atoms with Gasteiger partial charge in [0.15, 0.2) is 0 Å². The first-order chi connectivity index (χ1) is 15.4. The normalized spacial score (nSPS) is 18.0. The zero-order chi connectivity index (χ0) is 22.7. The number of nitrogens with one attached hydrogen (secondary N) is 1.